The van der Waals surface area contributed by atoms with Crippen molar-refractivity contribution in [1.82, 2.24) is 9.97 Å². The second kappa shape index (κ2) is 8.23. The summed E-state index contributed by atoms with van der Waals surface area (Å²) in [6.45, 7) is 0. The Morgan fingerprint density at radius 1 is 0.900 bits per heavy atom. The highest BCUT2D eigenvalue weighted by Gasteiger charge is 2.09. The van der Waals surface area contributed by atoms with E-state index in [1.165, 1.54) is 30.6 Å². The number of hydrogen-bond acceptors (Lipinski definition) is 7. The monoisotopic (exact) mass is 402 g/mol. The van der Waals surface area contributed by atoms with E-state index in [1.807, 2.05) is 24.3 Å². The minimum absolute atomic E-state index is 0.0881. The number of benzene rings is 3. The minimum Gasteiger partial charge on any atom is -0.438 e. The lowest BCUT2D eigenvalue weighted by atomic mass is 10.2. The van der Waals surface area contributed by atoms with Crippen LogP contribution in [0.1, 0.15) is 0 Å². The summed E-state index contributed by atoms with van der Waals surface area (Å²) in [7, 11) is 0. The van der Waals surface area contributed by atoms with Crippen molar-refractivity contribution < 1.29 is 19.2 Å². The molecule has 9 heteroatoms. The Kier molecular flexibility index (Phi) is 5.16. The highest BCUT2D eigenvalue weighted by atomic mass is 16.6. The van der Waals surface area contributed by atoms with Gasteiger partial charge in [-0.2, -0.15) is 0 Å². The van der Waals surface area contributed by atoms with E-state index in [0.717, 1.165) is 10.9 Å². The van der Waals surface area contributed by atoms with E-state index in [9.17, 15) is 14.9 Å². The average molecular weight is 402 g/mol. The molecule has 0 aliphatic rings. The molecule has 0 fully saturated rings. The van der Waals surface area contributed by atoms with Crippen molar-refractivity contribution in [2.24, 2.45) is 0 Å². The number of nitrogens with zero attached hydrogens (tertiary/aromatic N) is 3. The Morgan fingerprint density at radius 2 is 1.60 bits per heavy atom. The van der Waals surface area contributed by atoms with Gasteiger partial charge in [-0.1, -0.05) is 12.1 Å². The van der Waals surface area contributed by atoms with Crippen LogP contribution in [0.2, 0.25) is 0 Å². The molecule has 0 bridgehead atoms. The van der Waals surface area contributed by atoms with Crippen LogP contribution in [0.3, 0.4) is 0 Å². The topological polar surface area (TPSA) is 116 Å². The van der Waals surface area contributed by atoms with Gasteiger partial charge in [0.25, 0.3) is 5.69 Å². The lowest BCUT2D eigenvalue weighted by Crippen LogP contribution is -2.16. The maximum absolute atomic E-state index is 12.0. The molecular weight excluding hydrogens is 388 g/mol. The number of ether oxygens (including phenoxy) is 2. The summed E-state index contributed by atoms with van der Waals surface area (Å²) in [5, 5.41) is 14.0. The van der Waals surface area contributed by atoms with Crippen LogP contribution in [-0.4, -0.2) is 21.0 Å². The molecule has 0 spiro atoms. The molecule has 1 aromatic heterocycles. The summed E-state index contributed by atoms with van der Waals surface area (Å²) in [6, 6.07) is 19.4. The summed E-state index contributed by atoms with van der Waals surface area (Å²) in [5.41, 5.74) is 1.17. The summed E-state index contributed by atoms with van der Waals surface area (Å²) in [4.78, 5) is 30.5. The van der Waals surface area contributed by atoms with E-state index >= 15 is 0 Å². The first-order valence-corrected chi connectivity index (χ1v) is 8.79. The number of hydrogen-bond donors (Lipinski definition) is 1. The quantitative estimate of drug-likeness (QED) is 0.371. The number of carbonyl (C=O) groups is 1. The van der Waals surface area contributed by atoms with E-state index in [4.69, 9.17) is 9.47 Å². The molecular formula is C21H14N4O5. The fourth-order valence-electron chi connectivity index (χ4n) is 2.67. The smallest absolute Gasteiger partial charge is 0.417 e. The third-order valence-corrected chi connectivity index (χ3v) is 4.08. The summed E-state index contributed by atoms with van der Waals surface area (Å²) in [6.07, 6.45) is 0.709. The molecule has 0 saturated carbocycles. The molecule has 0 aliphatic carbocycles. The van der Waals surface area contributed by atoms with Crippen LogP contribution in [0.15, 0.2) is 79.1 Å². The van der Waals surface area contributed by atoms with Crippen LogP contribution < -0.4 is 14.8 Å². The predicted molar refractivity (Wildman–Crippen MR) is 109 cm³/mol. The van der Waals surface area contributed by atoms with Crippen molar-refractivity contribution in [3.05, 3.63) is 89.2 Å². The average Bonchev–Trinajstić information content (AvgIpc) is 2.76. The van der Waals surface area contributed by atoms with Gasteiger partial charge in [-0.05, 0) is 48.5 Å². The maximum atomic E-state index is 12.0. The molecule has 4 aromatic rings. The van der Waals surface area contributed by atoms with Crippen molar-refractivity contribution in [2.75, 3.05) is 5.32 Å². The first-order valence-electron chi connectivity index (χ1n) is 8.79. The van der Waals surface area contributed by atoms with Crippen molar-refractivity contribution in [3.63, 3.8) is 0 Å². The molecule has 0 radical (unpaired) electrons. The van der Waals surface area contributed by atoms with Crippen LogP contribution in [-0.2, 0) is 0 Å². The lowest BCUT2D eigenvalue weighted by Gasteiger charge is -2.09. The van der Waals surface area contributed by atoms with Crippen molar-refractivity contribution in [1.29, 1.82) is 0 Å². The first-order chi connectivity index (χ1) is 14.6. The van der Waals surface area contributed by atoms with E-state index in [-0.39, 0.29) is 11.4 Å². The minimum atomic E-state index is -0.723. The van der Waals surface area contributed by atoms with Gasteiger partial charge in [0, 0.05) is 17.8 Å². The van der Waals surface area contributed by atoms with Gasteiger partial charge >= 0.3 is 6.09 Å². The number of amides is 1. The van der Waals surface area contributed by atoms with Crippen molar-refractivity contribution in [2.45, 2.75) is 0 Å². The van der Waals surface area contributed by atoms with Crippen LogP contribution in [0, 0.1) is 10.1 Å². The van der Waals surface area contributed by atoms with E-state index < -0.39 is 11.0 Å². The number of aromatic nitrogens is 2. The molecule has 3 aromatic carbocycles. The molecule has 1 heterocycles. The van der Waals surface area contributed by atoms with Crippen molar-refractivity contribution in [3.8, 4) is 17.4 Å². The van der Waals surface area contributed by atoms with E-state index in [2.05, 4.69) is 15.3 Å². The fraction of sp³-hybridized carbons (Fsp3) is 0. The number of carbonyl (C=O) groups excluding carboxylic acids is 1. The zero-order valence-electron chi connectivity index (χ0n) is 15.4. The van der Waals surface area contributed by atoms with Crippen LogP contribution >= 0.6 is 0 Å². The van der Waals surface area contributed by atoms with Crippen molar-refractivity contribution >= 4 is 28.4 Å². The predicted octanol–water partition coefficient (Wildman–Crippen LogP) is 4.94. The number of nitrogens with one attached hydrogen (secondary N) is 1. The van der Waals surface area contributed by atoms with Crippen LogP contribution in [0.25, 0.3) is 10.9 Å². The van der Waals surface area contributed by atoms with Crippen LogP contribution in [0.5, 0.6) is 17.4 Å². The van der Waals surface area contributed by atoms with Gasteiger partial charge < -0.3 is 9.47 Å². The fourth-order valence-corrected chi connectivity index (χ4v) is 2.67. The molecule has 0 aliphatic heterocycles. The Hall–Kier alpha value is -4.53. The van der Waals surface area contributed by atoms with Gasteiger partial charge in [-0.15, -0.1) is 0 Å². The van der Waals surface area contributed by atoms with Gasteiger partial charge in [-0.3, -0.25) is 15.4 Å². The summed E-state index contributed by atoms with van der Waals surface area (Å²) in [5.74, 6) is 1.15. The second-order valence-corrected chi connectivity index (χ2v) is 6.09. The summed E-state index contributed by atoms with van der Waals surface area (Å²) >= 11 is 0. The maximum Gasteiger partial charge on any atom is 0.417 e. The van der Waals surface area contributed by atoms with Gasteiger partial charge in [0.2, 0.25) is 5.88 Å². The Balaban J connectivity index is 1.39. The number of rotatable bonds is 5. The largest absolute Gasteiger partial charge is 0.438 e. The zero-order valence-corrected chi connectivity index (χ0v) is 15.4. The van der Waals surface area contributed by atoms with E-state index in [0.29, 0.717) is 17.3 Å². The SMILES string of the molecule is O=C(Nc1ccc(Oc2ncnc3ccccc23)cc1)Oc1ccc([N+](=O)[O-])cc1. The molecule has 30 heavy (non-hydrogen) atoms. The lowest BCUT2D eigenvalue weighted by molar-refractivity contribution is -0.384. The third-order valence-electron chi connectivity index (χ3n) is 4.08. The van der Waals surface area contributed by atoms with Gasteiger partial charge in [0.15, 0.2) is 0 Å². The van der Waals surface area contributed by atoms with Gasteiger partial charge in [-0.25, -0.2) is 14.8 Å². The van der Waals surface area contributed by atoms with Crippen LogP contribution in [0.4, 0.5) is 16.2 Å². The zero-order chi connectivity index (χ0) is 20.9. The number of para-hydroxylation sites is 1. The molecule has 1 amide bonds. The second-order valence-electron chi connectivity index (χ2n) is 6.09. The number of nitro benzene ring substituents is 1. The molecule has 0 unspecified atom stereocenters. The number of fused-ring (bicyclic) bond motifs is 1. The van der Waals surface area contributed by atoms with Gasteiger partial charge in [0.1, 0.15) is 17.8 Å². The Morgan fingerprint density at radius 3 is 2.33 bits per heavy atom. The standard InChI is InChI=1S/C21H14N4O5/c26-21(30-17-11-7-15(8-12-17)25(27)28)24-14-5-9-16(10-6-14)29-20-18-3-1-2-4-19(18)22-13-23-20/h1-13H,(H,24,26). The van der Waals surface area contributed by atoms with Gasteiger partial charge in [0.05, 0.1) is 15.8 Å². The Labute approximate surface area is 170 Å². The normalized spacial score (nSPS) is 10.4. The van der Waals surface area contributed by atoms with E-state index in [1.54, 1.807) is 24.3 Å². The molecule has 0 atom stereocenters. The highest BCUT2D eigenvalue weighted by Crippen LogP contribution is 2.27. The highest BCUT2D eigenvalue weighted by molar-refractivity contribution is 5.86. The molecule has 4 rings (SSSR count). The third kappa shape index (κ3) is 4.30. The number of anilines is 1. The Bertz CT molecular complexity index is 1200. The molecule has 1 N–H and O–H groups in total. The first kappa shape index (κ1) is 18.8. The molecule has 148 valence electrons. The molecule has 0 saturated heterocycles. The number of nitro groups is 1. The number of non-ortho nitro benzene ring substituents is 1. The molecule has 9 nitrogen and oxygen atoms in total. The summed E-state index contributed by atoms with van der Waals surface area (Å²) < 4.78 is 10.9.